The van der Waals surface area contributed by atoms with Crippen molar-refractivity contribution in [1.82, 2.24) is 15.0 Å². The fourth-order valence-corrected chi connectivity index (χ4v) is 6.28. The summed E-state index contributed by atoms with van der Waals surface area (Å²) in [5.74, 6) is -0.973. The summed E-state index contributed by atoms with van der Waals surface area (Å²) in [6, 6.07) is 22.8. The average Bonchev–Trinajstić information content (AvgIpc) is 3.60. The van der Waals surface area contributed by atoms with Crippen LogP contribution in [0.4, 0.5) is 11.4 Å². The van der Waals surface area contributed by atoms with Crippen LogP contribution in [0.1, 0.15) is 48.6 Å². The van der Waals surface area contributed by atoms with Crippen molar-refractivity contribution in [2.45, 2.75) is 51.3 Å². The number of rotatable bonds is 11. The maximum Gasteiger partial charge on any atom is 0.264 e. The number of allylic oxidation sites excluding steroid dienone is 1. The minimum atomic E-state index is -1.75. The number of anilines is 2. The van der Waals surface area contributed by atoms with E-state index in [4.69, 9.17) is 5.11 Å². The standard InChI is InChI=1S/C35H35BrN6O4/c1-24(7-5-6-19-40-23-28(18-20-43)37-39-40)35(46)30-21-27(36)12-16-32(30)41(34(35)45)22-25-10-13-29(14-11-25)42-33(44)17-15-31(38-42)26-8-3-2-4-9-26/h2-5,7-14,16,21,23-24,43,46H,6,15,17-20,22H2,1H3/b7-5+/t24-,35+/m0/s1. The number of halogens is 1. The Labute approximate surface area is 275 Å². The molecule has 6 rings (SSSR count). The molecule has 3 aromatic carbocycles. The van der Waals surface area contributed by atoms with Crippen LogP contribution in [0.15, 0.2) is 101 Å². The monoisotopic (exact) mass is 682 g/mol. The molecule has 2 aliphatic rings. The second kappa shape index (κ2) is 13.5. The number of amides is 2. The van der Waals surface area contributed by atoms with E-state index in [2.05, 4.69) is 31.3 Å². The smallest absolute Gasteiger partial charge is 0.264 e. The predicted molar refractivity (Wildman–Crippen MR) is 179 cm³/mol. The molecule has 0 saturated heterocycles. The Hall–Kier alpha value is -4.45. The minimum absolute atomic E-state index is 0.0211. The number of benzene rings is 3. The molecule has 1 aromatic heterocycles. The fraction of sp³-hybridized carbons (Fsp3) is 0.286. The minimum Gasteiger partial charge on any atom is -0.396 e. The van der Waals surface area contributed by atoms with E-state index < -0.39 is 17.4 Å². The molecule has 4 aromatic rings. The van der Waals surface area contributed by atoms with Crippen molar-refractivity contribution in [1.29, 1.82) is 0 Å². The van der Waals surface area contributed by atoms with E-state index in [0.717, 1.165) is 27.0 Å². The maximum absolute atomic E-state index is 14.0. The van der Waals surface area contributed by atoms with Crippen LogP contribution in [0.5, 0.6) is 0 Å². The summed E-state index contributed by atoms with van der Waals surface area (Å²) in [6.07, 6.45) is 7.67. The van der Waals surface area contributed by atoms with E-state index in [1.807, 2.05) is 91.9 Å². The number of carbonyl (C=O) groups is 2. The molecule has 0 bridgehead atoms. The summed E-state index contributed by atoms with van der Waals surface area (Å²) in [5, 5.41) is 35.3. The highest BCUT2D eigenvalue weighted by molar-refractivity contribution is 9.10. The van der Waals surface area contributed by atoms with Gasteiger partial charge in [-0.15, -0.1) is 5.10 Å². The lowest BCUT2D eigenvalue weighted by molar-refractivity contribution is -0.139. The number of nitrogens with zero attached hydrogens (tertiary/aromatic N) is 6. The molecule has 10 nitrogen and oxygen atoms in total. The summed E-state index contributed by atoms with van der Waals surface area (Å²) in [4.78, 5) is 28.4. The van der Waals surface area contributed by atoms with Gasteiger partial charge in [0, 0.05) is 54.6 Å². The van der Waals surface area contributed by atoms with Gasteiger partial charge < -0.3 is 15.1 Å². The molecule has 0 radical (unpaired) electrons. The van der Waals surface area contributed by atoms with Crippen molar-refractivity contribution in [2.75, 3.05) is 16.5 Å². The van der Waals surface area contributed by atoms with Crippen LogP contribution in [0.2, 0.25) is 0 Å². The van der Waals surface area contributed by atoms with Crippen LogP contribution >= 0.6 is 15.9 Å². The van der Waals surface area contributed by atoms with Crippen molar-refractivity contribution >= 4 is 44.8 Å². The lowest BCUT2D eigenvalue weighted by atomic mass is 9.83. The third kappa shape index (κ3) is 6.31. The van der Waals surface area contributed by atoms with Crippen LogP contribution < -0.4 is 9.91 Å². The molecular formula is C35H35BrN6O4. The summed E-state index contributed by atoms with van der Waals surface area (Å²) >= 11 is 3.51. The molecule has 0 unspecified atom stereocenters. The molecule has 2 N–H and O–H groups in total. The first kappa shape index (κ1) is 31.5. The van der Waals surface area contributed by atoms with Gasteiger partial charge in [-0.05, 0) is 47.9 Å². The summed E-state index contributed by atoms with van der Waals surface area (Å²) in [7, 11) is 0. The summed E-state index contributed by atoms with van der Waals surface area (Å²) in [5.41, 5.74) is 3.55. The number of aliphatic hydroxyl groups is 2. The Morgan fingerprint density at radius 3 is 2.59 bits per heavy atom. The number of hydrogen-bond donors (Lipinski definition) is 2. The van der Waals surface area contributed by atoms with E-state index in [-0.39, 0.29) is 19.1 Å². The highest BCUT2D eigenvalue weighted by Crippen LogP contribution is 2.46. The number of hydrogen-bond acceptors (Lipinski definition) is 7. The Kier molecular flexibility index (Phi) is 9.25. The van der Waals surface area contributed by atoms with Gasteiger partial charge in [0.25, 0.3) is 5.91 Å². The van der Waals surface area contributed by atoms with Crippen molar-refractivity contribution in [3.63, 3.8) is 0 Å². The van der Waals surface area contributed by atoms with Crippen LogP contribution in [-0.2, 0) is 34.7 Å². The number of carbonyl (C=O) groups excluding carboxylic acids is 2. The van der Waals surface area contributed by atoms with E-state index >= 15 is 0 Å². The van der Waals surface area contributed by atoms with Crippen molar-refractivity contribution in [3.05, 3.63) is 118 Å². The number of aryl methyl sites for hydroxylation is 1. The Morgan fingerprint density at radius 2 is 1.83 bits per heavy atom. The summed E-state index contributed by atoms with van der Waals surface area (Å²) < 4.78 is 2.48. The Morgan fingerprint density at radius 1 is 1.04 bits per heavy atom. The number of hydrazone groups is 1. The molecule has 2 amide bonds. The van der Waals surface area contributed by atoms with E-state index in [0.29, 0.717) is 49.2 Å². The highest BCUT2D eigenvalue weighted by atomic mass is 79.9. The first-order valence-electron chi connectivity index (χ1n) is 15.3. The molecule has 0 fully saturated rings. The molecule has 46 heavy (non-hydrogen) atoms. The number of fused-ring (bicyclic) bond motifs is 1. The van der Waals surface area contributed by atoms with Gasteiger partial charge in [-0.25, -0.2) is 5.01 Å². The van der Waals surface area contributed by atoms with E-state index in [9.17, 15) is 14.7 Å². The quantitative estimate of drug-likeness (QED) is 0.212. The Bertz CT molecular complexity index is 1790. The highest BCUT2D eigenvalue weighted by Gasteiger charge is 2.52. The normalized spacial score (nSPS) is 18.7. The molecule has 2 atom stereocenters. The van der Waals surface area contributed by atoms with Crippen LogP contribution in [0.3, 0.4) is 0 Å². The molecule has 2 aliphatic heterocycles. The van der Waals surface area contributed by atoms with Gasteiger partial charge in [0.05, 0.1) is 29.3 Å². The van der Waals surface area contributed by atoms with Crippen molar-refractivity contribution < 1.29 is 19.8 Å². The second-order valence-corrected chi connectivity index (χ2v) is 12.5. The first-order chi connectivity index (χ1) is 22.3. The first-order valence-corrected chi connectivity index (χ1v) is 16.1. The molecule has 11 heteroatoms. The molecule has 3 heterocycles. The average molecular weight is 684 g/mol. The zero-order valence-electron chi connectivity index (χ0n) is 25.5. The van der Waals surface area contributed by atoms with E-state index in [1.54, 1.807) is 15.8 Å². The van der Waals surface area contributed by atoms with E-state index in [1.165, 1.54) is 5.01 Å². The SMILES string of the molecule is C[C@@H](/C=C/CCn1cc(CCO)nn1)[C@]1(O)C(=O)N(Cc2ccc(N3N=C(c4ccccc4)CCC3=O)cc2)c2ccc(Br)cc21. The second-order valence-electron chi connectivity index (χ2n) is 11.6. The Balaban J connectivity index is 1.18. The predicted octanol–water partition coefficient (Wildman–Crippen LogP) is 5.12. The zero-order chi connectivity index (χ0) is 32.3. The van der Waals surface area contributed by atoms with Gasteiger partial charge in [-0.3, -0.25) is 14.3 Å². The molecular weight excluding hydrogens is 648 g/mol. The van der Waals surface area contributed by atoms with Gasteiger partial charge in [-0.1, -0.05) is 82.7 Å². The lowest BCUT2D eigenvalue weighted by Gasteiger charge is -2.28. The number of aromatic nitrogens is 3. The molecule has 0 spiro atoms. The third-order valence-electron chi connectivity index (χ3n) is 8.46. The topological polar surface area (TPSA) is 124 Å². The van der Waals surface area contributed by atoms with Crippen LogP contribution in [-0.4, -0.2) is 49.3 Å². The van der Waals surface area contributed by atoms with Gasteiger partial charge in [0.1, 0.15) is 0 Å². The van der Waals surface area contributed by atoms with Crippen LogP contribution in [0.25, 0.3) is 0 Å². The number of aliphatic hydroxyl groups excluding tert-OH is 1. The lowest BCUT2D eigenvalue weighted by Crippen LogP contribution is -2.44. The van der Waals surface area contributed by atoms with Crippen molar-refractivity contribution in [2.24, 2.45) is 11.0 Å². The zero-order valence-corrected chi connectivity index (χ0v) is 27.0. The van der Waals surface area contributed by atoms with Gasteiger partial charge >= 0.3 is 0 Å². The largest absolute Gasteiger partial charge is 0.396 e. The van der Waals surface area contributed by atoms with Crippen LogP contribution in [0, 0.1) is 5.92 Å². The third-order valence-corrected chi connectivity index (χ3v) is 8.95. The summed E-state index contributed by atoms with van der Waals surface area (Å²) in [6.45, 7) is 2.70. The molecule has 0 aliphatic carbocycles. The molecule has 0 saturated carbocycles. The van der Waals surface area contributed by atoms with Crippen molar-refractivity contribution in [3.8, 4) is 0 Å². The maximum atomic E-state index is 14.0. The van der Waals surface area contributed by atoms with Gasteiger partial charge in [0.15, 0.2) is 5.60 Å². The fourth-order valence-electron chi connectivity index (χ4n) is 5.92. The molecule has 236 valence electrons. The van der Waals surface area contributed by atoms with Gasteiger partial charge in [-0.2, -0.15) is 5.10 Å². The van der Waals surface area contributed by atoms with Gasteiger partial charge in [0.2, 0.25) is 5.91 Å².